The van der Waals surface area contributed by atoms with E-state index in [9.17, 15) is 13.2 Å². The highest BCUT2D eigenvalue weighted by Crippen LogP contribution is 2.28. The van der Waals surface area contributed by atoms with Crippen molar-refractivity contribution in [1.29, 1.82) is 0 Å². The summed E-state index contributed by atoms with van der Waals surface area (Å²) in [5, 5.41) is 10.9. The lowest BCUT2D eigenvalue weighted by Crippen LogP contribution is -2.47. The van der Waals surface area contributed by atoms with Gasteiger partial charge in [-0.2, -0.15) is 17.7 Å². The molecule has 1 aromatic carbocycles. The highest BCUT2D eigenvalue weighted by molar-refractivity contribution is 5.46. The van der Waals surface area contributed by atoms with Crippen molar-refractivity contribution in [1.82, 2.24) is 24.7 Å². The molecule has 6 nitrogen and oxygen atoms in total. The van der Waals surface area contributed by atoms with E-state index in [0.29, 0.717) is 24.9 Å². The van der Waals surface area contributed by atoms with Crippen molar-refractivity contribution in [2.45, 2.75) is 19.1 Å². The van der Waals surface area contributed by atoms with E-state index in [-0.39, 0.29) is 5.65 Å². The van der Waals surface area contributed by atoms with Gasteiger partial charge in [-0.25, -0.2) is 0 Å². The Morgan fingerprint density at radius 3 is 2.30 bits per heavy atom. The molecule has 0 radical (unpaired) electrons. The molecule has 1 saturated heterocycles. The second-order valence-electron chi connectivity index (χ2n) is 6.59. The quantitative estimate of drug-likeness (QED) is 0.703. The van der Waals surface area contributed by atoms with Crippen molar-refractivity contribution in [2.24, 2.45) is 0 Å². The number of benzene rings is 1. The molecule has 0 amide bonds. The Balaban J connectivity index is 1.50. The molecule has 1 fully saturated rings. The van der Waals surface area contributed by atoms with Crippen LogP contribution in [0.2, 0.25) is 0 Å². The van der Waals surface area contributed by atoms with E-state index >= 15 is 0 Å². The second kappa shape index (κ2) is 6.80. The summed E-state index contributed by atoms with van der Waals surface area (Å²) in [4.78, 5) is 4.36. The lowest BCUT2D eigenvalue weighted by molar-refractivity contribution is -0.146. The molecule has 4 rings (SSSR count). The van der Waals surface area contributed by atoms with Crippen LogP contribution in [0.4, 0.5) is 19.0 Å². The van der Waals surface area contributed by atoms with E-state index < -0.39 is 12.0 Å². The van der Waals surface area contributed by atoms with Gasteiger partial charge in [0.1, 0.15) is 5.82 Å². The standard InChI is InChI=1S/C18H19F3N6/c1-13(14-5-3-2-4-6-14)25-9-11-26(12-10-25)16-8-7-15-22-23-17(18(19,20)21)27(15)24-16/h2-8,13H,9-12H2,1H3. The van der Waals surface area contributed by atoms with Crippen molar-refractivity contribution >= 4 is 11.5 Å². The predicted octanol–water partition coefficient (Wildman–Crippen LogP) is 3.03. The molecule has 1 atom stereocenters. The van der Waals surface area contributed by atoms with Crippen LogP contribution >= 0.6 is 0 Å². The van der Waals surface area contributed by atoms with E-state index in [1.807, 2.05) is 23.1 Å². The number of halogens is 3. The maximum atomic E-state index is 13.0. The summed E-state index contributed by atoms with van der Waals surface area (Å²) in [5.41, 5.74) is 1.34. The van der Waals surface area contributed by atoms with Crippen molar-refractivity contribution < 1.29 is 13.2 Å². The van der Waals surface area contributed by atoms with Gasteiger partial charge in [0.15, 0.2) is 5.65 Å². The molecule has 1 aliphatic heterocycles. The van der Waals surface area contributed by atoms with Gasteiger partial charge in [-0.1, -0.05) is 30.3 Å². The summed E-state index contributed by atoms with van der Waals surface area (Å²) in [6, 6.07) is 13.8. The molecule has 0 saturated carbocycles. The average Bonchev–Trinajstić information content (AvgIpc) is 3.12. The first kappa shape index (κ1) is 17.7. The van der Waals surface area contributed by atoms with Crippen LogP contribution in [0.15, 0.2) is 42.5 Å². The Morgan fingerprint density at radius 2 is 1.63 bits per heavy atom. The van der Waals surface area contributed by atoms with Crippen LogP contribution in [-0.4, -0.2) is 50.9 Å². The lowest BCUT2D eigenvalue weighted by Gasteiger charge is -2.38. The Kier molecular flexibility index (Phi) is 4.47. The Labute approximate surface area is 154 Å². The summed E-state index contributed by atoms with van der Waals surface area (Å²) < 4.78 is 39.9. The molecular weight excluding hydrogens is 357 g/mol. The third-order valence-corrected chi connectivity index (χ3v) is 4.97. The molecule has 1 aliphatic rings. The Morgan fingerprint density at radius 1 is 0.926 bits per heavy atom. The molecular formula is C18H19F3N6. The molecule has 1 unspecified atom stereocenters. The zero-order valence-electron chi connectivity index (χ0n) is 14.8. The van der Waals surface area contributed by atoms with Gasteiger partial charge in [-0.15, -0.1) is 15.3 Å². The lowest BCUT2D eigenvalue weighted by atomic mass is 10.1. The normalized spacial score (nSPS) is 17.4. The summed E-state index contributed by atoms with van der Waals surface area (Å²) >= 11 is 0. The monoisotopic (exact) mass is 376 g/mol. The van der Waals surface area contributed by atoms with Crippen molar-refractivity contribution in [3.8, 4) is 0 Å². The number of hydrogen-bond donors (Lipinski definition) is 0. The largest absolute Gasteiger partial charge is 0.453 e. The van der Waals surface area contributed by atoms with Crippen molar-refractivity contribution in [3.05, 3.63) is 53.9 Å². The fourth-order valence-corrected chi connectivity index (χ4v) is 3.41. The van der Waals surface area contributed by atoms with Gasteiger partial charge in [0, 0.05) is 32.2 Å². The highest BCUT2D eigenvalue weighted by Gasteiger charge is 2.38. The maximum Gasteiger partial charge on any atom is 0.453 e. The number of alkyl halides is 3. The maximum absolute atomic E-state index is 13.0. The molecule has 27 heavy (non-hydrogen) atoms. The van der Waals surface area contributed by atoms with Gasteiger partial charge in [0.2, 0.25) is 0 Å². The van der Waals surface area contributed by atoms with Crippen LogP contribution in [0, 0.1) is 0 Å². The number of rotatable bonds is 3. The first-order valence-corrected chi connectivity index (χ1v) is 8.77. The number of fused-ring (bicyclic) bond motifs is 1. The zero-order chi connectivity index (χ0) is 19.0. The van der Waals surface area contributed by atoms with Crippen LogP contribution in [-0.2, 0) is 6.18 Å². The minimum atomic E-state index is -4.59. The van der Waals surface area contributed by atoms with E-state index in [1.165, 1.54) is 11.6 Å². The van der Waals surface area contributed by atoms with Crippen molar-refractivity contribution in [3.63, 3.8) is 0 Å². The predicted molar refractivity (Wildman–Crippen MR) is 94.4 cm³/mol. The number of piperazine rings is 1. The molecule has 9 heteroatoms. The molecule has 0 N–H and O–H groups in total. The number of nitrogens with zero attached hydrogens (tertiary/aromatic N) is 6. The molecule has 3 heterocycles. The second-order valence-corrected chi connectivity index (χ2v) is 6.59. The van der Waals surface area contributed by atoms with Crippen molar-refractivity contribution in [2.75, 3.05) is 31.1 Å². The first-order valence-electron chi connectivity index (χ1n) is 8.77. The minimum Gasteiger partial charge on any atom is -0.353 e. The summed E-state index contributed by atoms with van der Waals surface area (Å²) in [7, 11) is 0. The highest BCUT2D eigenvalue weighted by atomic mass is 19.4. The van der Waals surface area contributed by atoms with Gasteiger partial charge >= 0.3 is 6.18 Å². The van der Waals surface area contributed by atoms with Crippen LogP contribution in [0.1, 0.15) is 24.4 Å². The summed E-state index contributed by atoms with van der Waals surface area (Å²) in [6.45, 7) is 5.18. The Hall–Kier alpha value is -2.68. The molecule has 3 aromatic rings. The molecule has 0 spiro atoms. The van der Waals surface area contributed by atoms with Gasteiger partial charge in [0.25, 0.3) is 5.82 Å². The first-order chi connectivity index (χ1) is 12.9. The molecule has 2 aromatic heterocycles. The zero-order valence-corrected chi connectivity index (χ0v) is 14.8. The van der Waals surface area contributed by atoms with E-state index in [1.54, 1.807) is 6.07 Å². The number of aromatic nitrogens is 4. The summed E-state index contributed by atoms with van der Waals surface area (Å²) in [5.74, 6) is -0.601. The van der Waals surface area contributed by atoms with E-state index in [4.69, 9.17) is 0 Å². The van der Waals surface area contributed by atoms with Gasteiger partial charge < -0.3 is 4.90 Å². The molecule has 0 bridgehead atoms. The minimum absolute atomic E-state index is 0.0856. The van der Waals surface area contributed by atoms with Crippen LogP contribution < -0.4 is 4.90 Å². The molecule has 0 aliphatic carbocycles. The van der Waals surface area contributed by atoms with Gasteiger partial charge in [-0.05, 0) is 24.6 Å². The van der Waals surface area contributed by atoms with Crippen LogP contribution in [0.3, 0.4) is 0 Å². The topological polar surface area (TPSA) is 49.6 Å². The van der Waals surface area contributed by atoms with Crippen LogP contribution in [0.25, 0.3) is 5.65 Å². The van der Waals surface area contributed by atoms with E-state index in [0.717, 1.165) is 17.6 Å². The number of anilines is 1. The van der Waals surface area contributed by atoms with Gasteiger partial charge in [-0.3, -0.25) is 4.90 Å². The number of hydrogen-bond acceptors (Lipinski definition) is 5. The molecule has 142 valence electrons. The Bertz CT molecular complexity index is 916. The smallest absolute Gasteiger partial charge is 0.353 e. The fourth-order valence-electron chi connectivity index (χ4n) is 3.41. The fraction of sp³-hybridized carbons (Fsp3) is 0.389. The third kappa shape index (κ3) is 3.46. The third-order valence-electron chi connectivity index (χ3n) is 4.97. The summed E-state index contributed by atoms with van der Waals surface area (Å²) in [6.07, 6.45) is -4.59. The van der Waals surface area contributed by atoms with Crippen LogP contribution in [0.5, 0.6) is 0 Å². The van der Waals surface area contributed by atoms with Gasteiger partial charge in [0.05, 0.1) is 0 Å². The average molecular weight is 376 g/mol. The SMILES string of the molecule is CC(c1ccccc1)N1CCN(c2ccc3nnc(C(F)(F)F)n3n2)CC1. The van der Waals surface area contributed by atoms with E-state index in [2.05, 4.69) is 39.3 Å².